The maximum absolute atomic E-state index is 12.8. The molecule has 1 aliphatic heterocycles. The molecule has 1 N–H and O–H groups in total. The van der Waals surface area contributed by atoms with Gasteiger partial charge in [0, 0.05) is 31.9 Å². The van der Waals surface area contributed by atoms with E-state index in [2.05, 4.69) is 15.2 Å². The predicted octanol–water partition coefficient (Wildman–Crippen LogP) is 4.67. The molecule has 1 aromatic heterocycles. The largest absolute Gasteiger partial charge is 0.416 e. The minimum absolute atomic E-state index is 0.133. The molecule has 0 atom stereocenters. The molecular formula is C19H17F3N4OS. The van der Waals surface area contributed by atoms with Gasteiger partial charge in [0.2, 0.25) is 0 Å². The van der Waals surface area contributed by atoms with Crippen molar-refractivity contribution in [2.24, 2.45) is 0 Å². The fraction of sp³-hybridized carbons (Fsp3) is 0.263. The second-order valence-corrected chi connectivity index (χ2v) is 7.46. The summed E-state index contributed by atoms with van der Waals surface area (Å²) in [6.45, 7) is 2.19. The summed E-state index contributed by atoms with van der Waals surface area (Å²) >= 11 is 1.61. The number of rotatable bonds is 2. The van der Waals surface area contributed by atoms with Gasteiger partial charge in [0.1, 0.15) is 0 Å². The molecule has 4 rings (SSSR count). The van der Waals surface area contributed by atoms with Crippen LogP contribution >= 0.6 is 11.3 Å². The van der Waals surface area contributed by atoms with Gasteiger partial charge in [-0.15, -0.1) is 0 Å². The lowest BCUT2D eigenvalue weighted by atomic mass is 10.2. The van der Waals surface area contributed by atoms with Gasteiger partial charge in [-0.2, -0.15) is 13.2 Å². The number of fused-ring (bicyclic) bond motifs is 1. The van der Waals surface area contributed by atoms with Crippen LogP contribution in [-0.2, 0) is 6.18 Å². The highest BCUT2D eigenvalue weighted by atomic mass is 32.1. The summed E-state index contributed by atoms with van der Waals surface area (Å²) in [5.74, 6) is 0. The quantitative estimate of drug-likeness (QED) is 0.673. The highest BCUT2D eigenvalue weighted by Gasteiger charge is 2.31. The van der Waals surface area contributed by atoms with Gasteiger partial charge in [0.25, 0.3) is 0 Å². The third-order valence-corrected chi connectivity index (χ3v) is 5.66. The highest BCUT2D eigenvalue weighted by Crippen LogP contribution is 2.31. The number of nitrogens with zero attached hydrogens (tertiary/aromatic N) is 3. The summed E-state index contributed by atoms with van der Waals surface area (Å²) in [5.41, 5.74) is 0.298. The van der Waals surface area contributed by atoms with Crippen LogP contribution in [0.25, 0.3) is 10.2 Å². The van der Waals surface area contributed by atoms with E-state index in [0.717, 1.165) is 27.5 Å². The normalized spacial score (nSPS) is 15.1. The van der Waals surface area contributed by atoms with Crippen LogP contribution in [0.2, 0.25) is 0 Å². The fourth-order valence-electron chi connectivity index (χ4n) is 3.07. The van der Waals surface area contributed by atoms with Crippen LogP contribution in [0.3, 0.4) is 0 Å². The number of hydrogen-bond donors (Lipinski definition) is 1. The molecule has 2 amide bonds. The average molecular weight is 406 g/mol. The first-order chi connectivity index (χ1) is 13.4. The van der Waals surface area contributed by atoms with Gasteiger partial charge in [0.05, 0.1) is 15.8 Å². The van der Waals surface area contributed by atoms with E-state index >= 15 is 0 Å². The van der Waals surface area contributed by atoms with Gasteiger partial charge in [-0.25, -0.2) is 9.78 Å². The van der Waals surface area contributed by atoms with E-state index in [9.17, 15) is 18.0 Å². The molecule has 0 saturated carbocycles. The van der Waals surface area contributed by atoms with Crippen molar-refractivity contribution in [1.29, 1.82) is 0 Å². The van der Waals surface area contributed by atoms with E-state index in [4.69, 9.17) is 0 Å². The lowest BCUT2D eigenvalue weighted by Gasteiger charge is -2.34. The van der Waals surface area contributed by atoms with E-state index in [1.165, 1.54) is 12.1 Å². The molecular weight excluding hydrogens is 389 g/mol. The minimum atomic E-state index is -4.44. The Morgan fingerprint density at radius 2 is 1.79 bits per heavy atom. The molecule has 28 heavy (non-hydrogen) atoms. The second kappa shape index (κ2) is 7.31. The Kier molecular flexibility index (Phi) is 4.84. The van der Waals surface area contributed by atoms with Crippen molar-refractivity contribution < 1.29 is 18.0 Å². The fourth-order valence-corrected chi connectivity index (χ4v) is 4.09. The lowest BCUT2D eigenvalue weighted by molar-refractivity contribution is -0.137. The number of thiazole rings is 1. The first-order valence-electron chi connectivity index (χ1n) is 8.74. The van der Waals surface area contributed by atoms with E-state index < -0.39 is 17.8 Å². The third kappa shape index (κ3) is 3.89. The van der Waals surface area contributed by atoms with Crippen molar-refractivity contribution in [3.05, 3.63) is 54.1 Å². The number of alkyl halides is 3. The summed E-state index contributed by atoms with van der Waals surface area (Å²) in [5, 5.41) is 3.47. The topological polar surface area (TPSA) is 48.5 Å². The van der Waals surface area contributed by atoms with Crippen molar-refractivity contribution >= 4 is 38.4 Å². The minimum Gasteiger partial charge on any atom is -0.345 e. The number of hydrogen-bond acceptors (Lipinski definition) is 4. The molecule has 0 radical (unpaired) electrons. The second-order valence-electron chi connectivity index (χ2n) is 6.45. The standard InChI is InChI=1S/C19H17F3N4OS/c20-19(21,22)13-4-3-5-14(12-13)23-17(27)25-8-10-26(11-9-25)18-24-15-6-1-2-7-16(15)28-18/h1-7,12H,8-11H2,(H,23,27). The lowest BCUT2D eigenvalue weighted by Crippen LogP contribution is -2.50. The number of nitrogens with one attached hydrogen (secondary N) is 1. The van der Waals surface area contributed by atoms with Crippen LogP contribution in [0.5, 0.6) is 0 Å². The molecule has 9 heteroatoms. The van der Waals surface area contributed by atoms with Gasteiger partial charge >= 0.3 is 12.2 Å². The Balaban J connectivity index is 1.37. The van der Waals surface area contributed by atoms with Crippen molar-refractivity contribution in [2.45, 2.75) is 6.18 Å². The van der Waals surface area contributed by atoms with Crippen LogP contribution in [0.15, 0.2) is 48.5 Å². The first kappa shape index (κ1) is 18.5. The van der Waals surface area contributed by atoms with Crippen molar-refractivity contribution in [3.63, 3.8) is 0 Å². The third-order valence-electron chi connectivity index (χ3n) is 4.56. The van der Waals surface area contributed by atoms with E-state index in [-0.39, 0.29) is 5.69 Å². The highest BCUT2D eigenvalue weighted by molar-refractivity contribution is 7.22. The maximum Gasteiger partial charge on any atom is 0.416 e. The zero-order valence-corrected chi connectivity index (χ0v) is 15.6. The number of carbonyl (C=O) groups is 1. The number of benzene rings is 2. The van der Waals surface area contributed by atoms with Gasteiger partial charge in [-0.1, -0.05) is 29.5 Å². The predicted molar refractivity (Wildman–Crippen MR) is 104 cm³/mol. The Hall–Kier alpha value is -2.81. The van der Waals surface area contributed by atoms with Crippen LogP contribution < -0.4 is 10.2 Å². The molecule has 1 saturated heterocycles. The summed E-state index contributed by atoms with van der Waals surface area (Å²) in [7, 11) is 0. The van der Waals surface area contributed by atoms with Gasteiger partial charge in [0.15, 0.2) is 5.13 Å². The van der Waals surface area contributed by atoms with Crippen molar-refractivity contribution in [2.75, 3.05) is 36.4 Å². The molecule has 2 heterocycles. The molecule has 0 bridgehead atoms. The summed E-state index contributed by atoms with van der Waals surface area (Å²) in [6.07, 6.45) is -4.44. The number of anilines is 2. The number of para-hydroxylation sites is 1. The molecule has 0 spiro atoms. The molecule has 1 aliphatic rings. The van der Waals surface area contributed by atoms with Gasteiger partial charge in [-0.05, 0) is 30.3 Å². The molecule has 0 unspecified atom stereocenters. The van der Waals surface area contributed by atoms with Gasteiger partial charge < -0.3 is 15.1 Å². The van der Waals surface area contributed by atoms with Crippen molar-refractivity contribution in [3.8, 4) is 0 Å². The summed E-state index contributed by atoms with van der Waals surface area (Å²) in [6, 6.07) is 12.2. The van der Waals surface area contributed by atoms with E-state index in [1.54, 1.807) is 16.2 Å². The maximum atomic E-state index is 12.8. The number of halogens is 3. The molecule has 146 valence electrons. The number of piperazine rings is 1. The van der Waals surface area contributed by atoms with E-state index in [1.807, 2.05) is 24.3 Å². The summed E-state index contributed by atoms with van der Waals surface area (Å²) in [4.78, 5) is 20.8. The Labute approximate surface area is 163 Å². The van der Waals surface area contributed by atoms with Crippen molar-refractivity contribution in [1.82, 2.24) is 9.88 Å². The monoisotopic (exact) mass is 406 g/mol. The molecule has 1 fully saturated rings. The Morgan fingerprint density at radius 1 is 1.04 bits per heavy atom. The number of urea groups is 1. The average Bonchev–Trinajstić information content (AvgIpc) is 3.12. The first-order valence-corrected chi connectivity index (χ1v) is 9.55. The van der Waals surface area contributed by atoms with Crippen LogP contribution in [0.1, 0.15) is 5.56 Å². The zero-order valence-electron chi connectivity index (χ0n) is 14.7. The van der Waals surface area contributed by atoms with Crippen LogP contribution in [-0.4, -0.2) is 42.1 Å². The molecule has 2 aromatic carbocycles. The SMILES string of the molecule is O=C(Nc1cccc(C(F)(F)F)c1)N1CCN(c2nc3ccccc3s2)CC1. The number of aromatic nitrogens is 1. The molecule has 5 nitrogen and oxygen atoms in total. The zero-order chi connectivity index (χ0) is 19.7. The number of carbonyl (C=O) groups excluding carboxylic acids is 1. The number of amides is 2. The summed E-state index contributed by atoms with van der Waals surface area (Å²) < 4.78 is 39.5. The Morgan fingerprint density at radius 3 is 2.50 bits per heavy atom. The van der Waals surface area contributed by atoms with Crippen LogP contribution in [0, 0.1) is 0 Å². The van der Waals surface area contributed by atoms with E-state index in [0.29, 0.717) is 26.2 Å². The van der Waals surface area contributed by atoms with Gasteiger partial charge in [-0.3, -0.25) is 0 Å². The molecule has 0 aliphatic carbocycles. The Bertz CT molecular complexity index is 963. The molecule has 3 aromatic rings. The smallest absolute Gasteiger partial charge is 0.345 e. The van der Waals surface area contributed by atoms with Crippen LogP contribution in [0.4, 0.5) is 28.8 Å².